The molecular formula is C7H7BrO2S. The molecule has 60 valence electrons. The number of hydrogen-bond acceptors (Lipinski definition) is 3. The van der Waals surface area contributed by atoms with E-state index in [0.29, 0.717) is 5.75 Å². The molecule has 11 heavy (non-hydrogen) atoms. The standard InChI is InChI=1S/C7H7BrO2S/c1-4-3-6(7(8)11-4)10-5(2)9/h3H,1-2H3. The predicted octanol–water partition coefficient (Wildman–Crippen LogP) is 2.74. The first-order chi connectivity index (χ1) is 5.09. The fraction of sp³-hybridized carbons (Fsp3) is 0.286. The van der Waals surface area contributed by atoms with E-state index in [9.17, 15) is 4.79 Å². The maximum Gasteiger partial charge on any atom is 0.308 e. The van der Waals surface area contributed by atoms with Crippen LogP contribution >= 0.6 is 27.3 Å². The highest BCUT2D eigenvalue weighted by molar-refractivity contribution is 9.11. The van der Waals surface area contributed by atoms with Crippen molar-refractivity contribution < 1.29 is 9.53 Å². The number of carbonyl (C=O) groups excluding carboxylic acids is 1. The molecule has 0 radical (unpaired) electrons. The van der Waals surface area contributed by atoms with Crippen LogP contribution in [0.25, 0.3) is 0 Å². The highest BCUT2D eigenvalue weighted by Crippen LogP contribution is 2.33. The normalized spacial score (nSPS) is 9.73. The highest BCUT2D eigenvalue weighted by Gasteiger charge is 2.06. The van der Waals surface area contributed by atoms with Crippen LogP contribution in [0.1, 0.15) is 11.8 Å². The molecule has 0 saturated heterocycles. The van der Waals surface area contributed by atoms with E-state index in [-0.39, 0.29) is 5.97 Å². The lowest BCUT2D eigenvalue weighted by Gasteiger charge is -1.95. The average molecular weight is 235 g/mol. The van der Waals surface area contributed by atoms with E-state index in [1.165, 1.54) is 6.92 Å². The molecule has 0 amide bonds. The molecule has 2 nitrogen and oxygen atoms in total. The van der Waals surface area contributed by atoms with Crippen molar-refractivity contribution in [2.75, 3.05) is 0 Å². The molecule has 1 heterocycles. The van der Waals surface area contributed by atoms with Crippen molar-refractivity contribution in [1.82, 2.24) is 0 Å². The lowest BCUT2D eigenvalue weighted by molar-refractivity contribution is -0.131. The lowest BCUT2D eigenvalue weighted by Crippen LogP contribution is -2.00. The molecule has 0 fully saturated rings. The maximum absolute atomic E-state index is 10.5. The van der Waals surface area contributed by atoms with Gasteiger partial charge in [-0.2, -0.15) is 0 Å². The van der Waals surface area contributed by atoms with Gasteiger partial charge < -0.3 is 4.74 Å². The third-order valence-corrected chi connectivity index (χ3v) is 2.73. The Hall–Kier alpha value is -0.350. The van der Waals surface area contributed by atoms with Gasteiger partial charge in [-0.3, -0.25) is 4.79 Å². The molecule has 1 aromatic rings. The Kier molecular flexibility index (Phi) is 2.67. The molecule has 0 saturated carbocycles. The van der Waals surface area contributed by atoms with Gasteiger partial charge in [-0.05, 0) is 28.9 Å². The fourth-order valence-corrected chi connectivity index (χ4v) is 2.30. The zero-order chi connectivity index (χ0) is 8.43. The van der Waals surface area contributed by atoms with Gasteiger partial charge in [0.1, 0.15) is 3.79 Å². The maximum atomic E-state index is 10.5. The van der Waals surface area contributed by atoms with Gasteiger partial charge in [-0.1, -0.05) is 0 Å². The van der Waals surface area contributed by atoms with E-state index in [2.05, 4.69) is 15.9 Å². The topological polar surface area (TPSA) is 26.3 Å². The Morgan fingerprint density at radius 1 is 1.73 bits per heavy atom. The van der Waals surface area contributed by atoms with E-state index < -0.39 is 0 Å². The first-order valence-electron chi connectivity index (χ1n) is 3.04. The van der Waals surface area contributed by atoms with Crippen molar-refractivity contribution in [3.8, 4) is 5.75 Å². The fourth-order valence-electron chi connectivity index (χ4n) is 0.687. The molecule has 0 aliphatic carbocycles. The van der Waals surface area contributed by atoms with Crippen LogP contribution in [-0.2, 0) is 4.79 Å². The second kappa shape index (κ2) is 3.36. The van der Waals surface area contributed by atoms with Crippen LogP contribution in [0.15, 0.2) is 9.85 Å². The van der Waals surface area contributed by atoms with Crippen LogP contribution in [0.2, 0.25) is 0 Å². The number of rotatable bonds is 1. The van der Waals surface area contributed by atoms with Gasteiger partial charge >= 0.3 is 5.97 Å². The molecule has 0 aliphatic rings. The van der Waals surface area contributed by atoms with Crippen molar-refractivity contribution >= 4 is 33.2 Å². The number of halogens is 1. The van der Waals surface area contributed by atoms with Crippen LogP contribution in [-0.4, -0.2) is 5.97 Å². The van der Waals surface area contributed by atoms with Gasteiger partial charge in [0.25, 0.3) is 0 Å². The minimum Gasteiger partial charge on any atom is -0.425 e. The van der Waals surface area contributed by atoms with Crippen LogP contribution in [0, 0.1) is 6.92 Å². The summed E-state index contributed by atoms with van der Waals surface area (Å²) in [6.45, 7) is 3.35. The van der Waals surface area contributed by atoms with E-state index in [4.69, 9.17) is 4.74 Å². The Bertz CT molecular complexity index is 280. The summed E-state index contributed by atoms with van der Waals surface area (Å²) < 4.78 is 5.76. The summed E-state index contributed by atoms with van der Waals surface area (Å²) in [4.78, 5) is 11.7. The Morgan fingerprint density at radius 3 is 2.73 bits per heavy atom. The summed E-state index contributed by atoms with van der Waals surface area (Å²) in [7, 11) is 0. The van der Waals surface area contributed by atoms with Gasteiger partial charge in [-0.15, -0.1) is 11.3 Å². The Balaban J connectivity index is 2.85. The number of aryl methyl sites for hydroxylation is 1. The number of thiophene rings is 1. The van der Waals surface area contributed by atoms with Crippen LogP contribution in [0.5, 0.6) is 5.75 Å². The lowest BCUT2D eigenvalue weighted by atomic mass is 10.5. The number of carbonyl (C=O) groups is 1. The largest absolute Gasteiger partial charge is 0.425 e. The van der Waals surface area contributed by atoms with Gasteiger partial charge in [0, 0.05) is 11.8 Å². The van der Waals surface area contributed by atoms with Gasteiger partial charge in [0.15, 0.2) is 5.75 Å². The second-order valence-corrected chi connectivity index (χ2v) is 4.66. The van der Waals surface area contributed by atoms with Crippen molar-refractivity contribution in [2.24, 2.45) is 0 Å². The van der Waals surface area contributed by atoms with Crippen molar-refractivity contribution in [1.29, 1.82) is 0 Å². The van der Waals surface area contributed by atoms with Crippen molar-refractivity contribution in [3.63, 3.8) is 0 Å². The van der Waals surface area contributed by atoms with Gasteiger partial charge in [0.05, 0.1) is 0 Å². The molecular weight excluding hydrogens is 228 g/mol. The van der Waals surface area contributed by atoms with Gasteiger partial charge in [-0.25, -0.2) is 0 Å². The monoisotopic (exact) mass is 234 g/mol. The highest BCUT2D eigenvalue weighted by atomic mass is 79.9. The zero-order valence-corrected chi connectivity index (χ0v) is 8.58. The number of esters is 1. The number of hydrogen-bond donors (Lipinski definition) is 0. The van der Waals surface area contributed by atoms with E-state index in [0.717, 1.165) is 8.66 Å². The van der Waals surface area contributed by atoms with Crippen molar-refractivity contribution in [3.05, 3.63) is 14.7 Å². The minimum absolute atomic E-state index is 0.288. The third-order valence-electron chi connectivity index (χ3n) is 1.03. The van der Waals surface area contributed by atoms with Crippen LogP contribution < -0.4 is 4.74 Å². The Labute approximate surface area is 77.3 Å². The molecule has 4 heteroatoms. The van der Waals surface area contributed by atoms with E-state index in [1.807, 2.05) is 13.0 Å². The molecule has 0 aliphatic heterocycles. The summed E-state index contributed by atoms with van der Waals surface area (Å²) in [6, 6.07) is 1.83. The molecule has 1 aromatic heterocycles. The first kappa shape index (κ1) is 8.74. The van der Waals surface area contributed by atoms with E-state index >= 15 is 0 Å². The molecule has 0 atom stereocenters. The summed E-state index contributed by atoms with van der Waals surface area (Å²) in [6.07, 6.45) is 0. The zero-order valence-electron chi connectivity index (χ0n) is 6.18. The quantitative estimate of drug-likeness (QED) is 0.699. The van der Waals surface area contributed by atoms with Crippen LogP contribution in [0.3, 0.4) is 0 Å². The van der Waals surface area contributed by atoms with Gasteiger partial charge in [0.2, 0.25) is 0 Å². The molecule has 0 aromatic carbocycles. The third kappa shape index (κ3) is 2.31. The molecule has 0 bridgehead atoms. The first-order valence-corrected chi connectivity index (χ1v) is 4.65. The molecule has 0 spiro atoms. The minimum atomic E-state index is -0.288. The summed E-state index contributed by atoms with van der Waals surface area (Å²) in [5.41, 5.74) is 0. The number of ether oxygens (including phenoxy) is 1. The molecule has 0 N–H and O–H groups in total. The predicted molar refractivity (Wildman–Crippen MR) is 48.1 cm³/mol. The summed E-state index contributed by atoms with van der Waals surface area (Å²) in [5, 5.41) is 0. The van der Waals surface area contributed by atoms with E-state index in [1.54, 1.807) is 11.3 Å². The summed E-state index contributed by atoms with van der Waals surface area (Å²) >= 11 is 4.84. The summed E-state index contributed by atoms with van der Waals surface area (Å²) in [5.74, 6) is 0.323. The van der Waals surface area contributed by atoms with Crippen LogP contribution in [0.4, 0.5) is 0 Å². The average Bonchev–Trinajstić information content (AvgIpc) is 2.09. The molecule has 0 unspecified atom stereocenters. The van der Waals surface area contributed by atoms with Crippen molar-refractivity contribution in [2.45, 2.75) is 13.8 Å². The SMILES string of the molecule is CC(=O)Oc1cc(C)sc1Br. The second-order valence-electron chi connectivity index (χ2n) is 2.09. The Morgan fingerprint density at radius 2 is 2.36 bits per heavy atom. The molecule has 1 rings (SSSR count). The smallest absolute Gasteiger partial charge is 0.308 e.